The molecule has 13 heteroatoms. The van der Waals surface area contributed by atoms with Gasteiger partial charge < -0.3 is 9.63 Å². The molecule has 1 aliphatic carbocycles. The lowest BCUT2D eigenvalue weighted by atomic mass is 9.94. The van der Waals surface area contributed by atoms with Gasteiger partial charge in [-0.15, -0.1) is 11.3 Å². The van der Waals surface area contributed by atoms with Crippen LogP contribution in [0.15, 0.2) is 51.5 Å². The van der Waals surface area contributed by atoms with E-state index < -0.39 is 38.9 Å². The molecular formula is C18H14F3N3O5S2. The van der Waals surface area contributed by atoms with Gasteiger partial charge in [0.2, 0.25) is 5.76 Å². The number of halogens is 3. The van der Waals surface area contributed by atoms with Gasteiger partial charge in [0.15, 0.2) is 0 Å². The maximum atomic E-state index is 12.9. The van der Waals surface area contributed by atoms with Gasteiger partial charge in [0, 0.05) is 23.9 Å². The minimum atomic E-state index is -4.73. The number of sulfonamides is 1. The second kappa shape index (κ2) is 6.87. The topological polar surface area (TPSA) is 122 Å². The Labute approximate surface area is 177 Å². The van der Waals surface area contributed by atoms with Crippen LogP contribution in [-0.4, -0.2) is 35.2 Å². The number of carbonyl (C=O) groups is 1. The molecule has 4 rings (SSSR count). The van der Waals surface area contributed by atoms with Crippen LogP contribution in [0, 0.1) is 0 Å². The lowest BCUT2D eigenvalue weighted by molar-refractivity contribution is -0.155. The maximum absolute atomic E-state index is 12.9. The summed E-state index contributed by atoms with van der Waals surface area (Å²) in [5, 5.41) is 13.1. The van der Waals surface area contributed by atoms with Crippen molar-refractivity contribution in [3.05, 3.63) is 54.0 Å². The first-order chi connectivity index (χ1) is 14.4. The fraction of sp³-hybridized carbons (Fsp3) is 0.278. The molecule has 1 fully saturated rings. The highest BCUT2D eigenvalue weighted by Gasteiger charge is 2.72. The van der Waals surface area contributed by atoms with E-state index in [4.69, 9.17) is 0 Å². The van der Waals surface area contributed by atoms with E-state index >= 15 is 0 Å². The van der Waals surface area contributed by atoms with Crippen LogP contribution < -0.4 is 4.72 Å². The summed E-state index contributed by atoms with van der Waals surface area (Å²) in [6.07, 6.45) is -1.72. The summed E-state index contributed by atoms with van der Waals surface area (Å²) in [4.78, 5) is 16.1. The van der Waals surface area contributed by atoms with Crippen LogP contribution >= 0.6 is 11.3 Å². The number of aromatic nitrogens is 2. The van der Waals surface area contributed by atoms with Crippen molar-refractivity contribution in [2.75, 3.05) is 0 Å². The monoisotopic (exact) mass is 473 g/mol. The Kier molecular flexibility index (Phi) is 4.75. The van der Waals surface area contributed by atoms with Gasteiger partial charge in [0.25, 0.3) is 10.0 Å². The van der Waals surface area contributed by atoms with Gasteiger partial charge in [-0.2, -0.15) is 17.9 Å². The van der Waals surface area contributed by atoms with E-state index in [1.54, 1.807) is 19.1 Å². The number of hydrogen-bond acceptors (Lipinski definition) is 7. The molecule has 8 nitrogen and oxygen atoms in total. The van der Waals surface area contributed by atoms with Crippen LogP contribution in [-0.2, 0) is 26.4 Å². The van der Waals surface area contributed by atoms with Crippen LogP contribution in [0.3, 0.4) is 0 Å². The van der Waals surface area contributed by atoms with E-state index in [-0.39, 0.29) is 21.2 Å². The standard InChI is InChI=1S/C18H14F3N3O5S2/c1-16(10-3-2-6-22-8-10)9-17(16,15(25)26)24-31(27,28)14-5-4-12(30-14)11-7-13(29-23-11)18(19,20)21/h2-8,24H,9H2,1H3,(H,25,26)/t16-,17-/m0/s1. The minimum Gasteiger partial charge on any atom is -0.480 e. The van der Waals surface area contributed by atoms with Crippen LogP contribution in [0.4, 0.5) is 13.2 Å². The van der Waals surface area contributed by atoms with Crippen molar-refractivity contribution in [3.8, 4) is 10.6 Å². The van der Waals surface area contributed by atoms with Crippen LogP contribution in [0.2, 0.25) is 0 Å². The molecule has 0 aliphatic heterocycles. The summed E-state index contributed by atoms with van der Waals surface area (Å²) >= 11 is 0.647. The van der Waals surface area contributed by atoms with Crippen LogP contribution in [0.25, 0.3) is 10.6 Å². The molecule has 0 unspecified atom stereocenters. The summed E-state index contributed by atoms with van der Waals surface area (Å²) in [6, 6.07) is 6.40. The highest BCUT2D eigenvalue weighted by Crippen LogP contribution is 2.58. The molecular weight excluding hydrogens is 459 g/mol. The molecule has 0 saturated heterocycles. The molecule has 3 aromatic heterocycles. The zero-order valence-corrected chi connectivity index (χ0v) is 17.3. The number of nitrogens with one attached hydrogen (secondary N) is 1. The highest BCUT2D eigenvalue weighted by molar-refractivity contribution is 7.91. The fourth-order valence-corrected chi connectivity index (χ4v) is 6.15. The third-order valence-electron chi connectivity index (χ3n) is 5.30. The third kappa shape index (κ3) is 3.51. The highest BCUT2D eigenvalue weighted by atomic mass is 32.2. The van der Waals surface area contributed by atoms with Crippen molar-refractivity contribution >= 4 is 27.3 Å². The SMILES string of the molecule is C[C@@]1(c2cccnc2)C[C@]1(NS(=O)(=O)c1ccc(-c2cc(C(F)(F)F)on2)s1)C(=O)O. The van der Waals surface area contributed by atoms with Gasteiger partial charge in [-0.25, -0.2) is 8.42 Å². The Bertz CT molecular complexity index is 1260. The number of rotatable bonds is 6. The Hall–Kier alpha value is -2.77. The molecule has 2 N–H and O–H groups in total. The predicted molar refractivity (Wildman–Crippen MR) is 102 cm³/mol. The lowest BCUT2D eigenvalue weighted by Gasteiger charge is -2.20. The molecule has 0 aromatic carbocycles. The van der Waals surface area contributed by atoms with E-state index in [2.05, 4.69) is 19.4 Å². The summed E-state index contributed by atoms with van der Waals surface area (Å²) in [5.41, 5.74) is -2.42. The quantitative estimate of drug-likeness (QED) is 0.563. The maximum Gasteiger partial charge on any atom is 0.452 e. The number of thiophene rings is 1. The molecule has 2 atom stereocenters. The number of alkyl halides is 3. The molecule has 0 radical (unpaired) electrons. The molecule has 0 spiro atoms. The van der Waals surface area contributed by atoms with Gasteiger partial charge in [-0.1, -0.05) is 18.1 Å². The molecule has 0 amide bonds. The van der Waals surface area contributed by atoms with Gasteiger partial charge in [0.1, 0.15) is 15.4 Å². The molecule has 3 aromatic rings. The summed E-state index contributed by atoms with van der Waals surface area (Å²) in [6.45, 7) is 1.62. The number of pyridine rings is 1. The van der Waals surface area contributed by atoms with E-state index in [1.807, 2.05) is 0 Å². The number of carboxylic acids is 1. The van der Waals surface area contributed by atoms with Crippen molar-refractivity contribution in [3.63, 3.8) is 0 Å². The molecule has 0 bridgehead atoms. The van der Waals surface area contributed by atoms with Crippen molar-refractivity contribution in [2.24, 2.45) is 0 Å². The second-order valence-electron chi connectivity index (χ2n) is 7.26. The zero-order chi connectivity index (χ0) is 22.7. The smallest absolute Gasteiger partial charge is 0.452 e. The summed E-state index contributed by atoms with van der Waals surface area (Å²) in [7, 11) is -4.30. The Balaban J connectivity index is 1.63. The van der Waals surface area contributed by atoms with Crippen molar-refractivity contribution in [1.29, 1.82) is 0 Å². The Morgan fingerprint density at radius 2 is 2.06 bits per heavy atom. The average molecular weight is 473 g/mol. The van der Waals surface area contributed by atoms with Gasteiger partial charge in [0.05, 0.1) is 4.88 Å². The first-order valence-corrected chi connectivity index (χ1v) is 11.0. The van der Waals surface area contributed by atoms with Gasteiger partial charge in [-0.05, 0) is 30.2 Å². The number of hydrogen-bond donors (Lipinski definition) is 2. The average Bonchev–Trinajstić information content (AvgIpc) is 3.12. The van der Waals surface area contributed by atoms with E-state index in [0.717, 1.165) is 0 Å². The third-order valence-corrected chi connectivity index (χ3v) is 8.39. The first-order valence-electron chi connectivity index (χ1n) is 8.71. The molecule has 1 aliphatic rings. The van der Waals surface area contributed by atoms with Crippen molar-refractivity contribution < 1.29 is 36.0 Å². The Morgan fingerprint density at radius 3 is 2.65 bits per heavy atom. The van der Waals surface area contributed by atoms with Gasteiger partial charge in [-0.3, -0.25) is 9.78 Å². The van der Waals surface area contributed by atoms with E-state index in [1.165, 1.54) is 24.5 Å². The first kappa shape index (κ1) is 21.5. The normalized spacial score (nSPS) is 23.6. The molecule has 31 heavy (non-hydrogen) atoms. The second-order valence-corrected chi connectivity index (χ2v) is 10.3. The van der Waals surface area contributed by atoms with Crippen LogP contribution in [0.1, 0.15) is 24.7 Å². The number of carboxylic acid groups (broad SMARTS) is 1. The molecule has 1 saturated carbocycles. The number of aliphatic carboxylic acids is 1. The Morgan fingerprint density at radius 1 is 1.32 bits per heavy atom. The molecule has 3 heterocycles. The molecule has 164 valence electrons. The minimum absolute atomic E-state index is 0.0106. The summed E-state index contributed by atoms with van der Waals surface area (Å²) in [5.74, 6) is -2.65. The van der Waals surface area contributed by atoms with Crippen molar-refractivity contribution in [2.45, 2.75) is 34.7 Å². The zero-order valence-electron chi connectivity index (χ0n) is 15.7. The predicted octanol–water partition coefficient (Wildman–Crippen LogP) is 3.28. The van der Waals surface area contributed by atoms with Gasteiger partial charge >= 0.3 is 12.1 Å². The van der Waals surface area contributed by atoms with E-state index in [9.17, 15) is 31.5 Å². The summed E-state index contributed by atoms with van der Waals surface area (Å²) < 4.78 is 70.2. The largest absolute Gasteiger partial charge is 0.480 e. The fourth-order valence-electron chi connectivity index (χ4n) is 3.43. The van der Waals surface area contributed by atoms with Crippen LogP contribution in [0.5, 0.6) is 0 Å². The van der Waals surface area contributed by atoms with E-state index in [0.29, 0.717) is 23.0 Å². The lowest BCUT2D eigenvalue weighted by Crippen LogP contribution is -2.47. The van der Waals surface area contributed by atoms with Crippen molar-refractivity contribution in [1.82, 2.24) is 14.9 Å². The number of nitrogens with zero attached hydrogens (tertiary/aromatic N) is 2.